The molecule has 2 aromatic rings. The van der Waals surface area contributed by atoms with Crippen molar-refractivity contribution >= 4 is 27.3 Å². The largest absolute Gasteiger partial charge is 0.288 e. The molecule has 0 aliphatic carbocycles. The molecule has 0 spiro atoms. The Morgan fingerprint density at radius 1 is 1.17 bits per heavy atom. The van der Waals surface area contributed by atoms with Gasteiger partial charge in [-0.25, -0.2) is 8.42 Å². The lowest BCUT2D eigenvalue weighted by Crippen LogP contribution is -2.39. The van der Waals surface area contributed by atoms with E-state index < -0.39 is 10.0 Å². The molecule has 0 radical (unpaired) electrons. The molecule has 1 N–H and O–H groups in total. The maximum Gasteiger partial charge on any atom is 0.269 e. The van der Waals surface area contributed by atoms with Gasteiger partial charge in [0.05, 0.1) is 17.6 Å². The molecule has 3 rings (SSSR count). The fourth-order valence-electron chi connectivity index (χ4n) is 2.79. The van der Waals surface area contributed by atoms with Gasteiger partial charge in [-0.05, 0) is 42.3 Å². The fraction of sp³-hybridized carbons (Fsp3) is 0.235. The SMILES string of the molecule is CN(NC(=O)c1ccc2c(c1)CCN2S(C)(=O)=O)c1ccccc1. The van der Waals surface area contributed by atoms with Gasteiger partial charge in [0.2, 0.25) is 10.0 Å². The molecule has 6 nitrogen and oxygen atoms in total. The molecule has 7 heteroatoms. The van der Waals surface area contributed by atoms with Crippen LogP contribution in [-0.4, -0.2) is 34.2 Å². The fourth-order valence-corrected chi connectivity index (χ4v) is 3.75. The van der Waals surface area contributed by atoms with Crippen LogP contribution < -0.4 is 14.7 Å². The van der Waals surface area contributed by atoms with Crippen molar-refractivity contribution in [3.05, 3.63) is 59.7 Å². The summed E-state index contributed by atoms with van der Waals surface area (Å²) in [6.45, 7) is 0.420. The molecule has 2 aromatic carbocycles. The number of carbonyl (C=O) groups is 1. The Morgan fingerprint density at radius 3 is 2.54 bits per heavy atom. The molecule has 1 aliphatic rings. The highest BCUT2D eigenvalue weighted by atomic mass is 32.2. The number of carbonyl (C=O) groups excluding carboxylic acids is 1. The second-order valence-electron chi connectivity index (χ2n) is 5.76. The van der Waals surface area contributed by atoms with Gasteiger partial charge in [-0.1, -0.05) is 18.2 Å². The Morgan fingerprint density at radius 2 is 1.88 bits per heavy atom. The van der Waals surface area contributed by atoms with Gasteiger partial charge in [-0.2, -0.15) is 0 Å². The Kier molecular flexibility index (Phi) is 4.19. The molecule has 24 heavy (non-hydrogen) atoms. The van der Waals surface area contributed by atoms with Crippen molar-refractivity contribution in [2.45, 2.75) is 6.42 Å². The Bertz CT molecular complexity index is 866. The van der Waals surface area contributed by atoms with Crippen LogP contribution in [0.15, 0.2) is 48.5 Å². The monoisotopic (exact) mass is 345 g/mol. The standard InChI is InChI=1S/C17H19N3O3S/c1-19(15-6-4-3-5-7-15)18-17(21)14-8-9-16-13(12-14)10-11-20(16)24(2,22)23/h3-9,12H,10-11H2,1-2H3,(H,18,21). The third kappa shape index (κ3) is 3.21. The second-order valence-corrected chi connectivity index (χ2v) is 7.67. The van der Waals surface area contributed by atoms with Gasteiger partial charge < -0.3 is 0 Å². The Hall–Kier alpha value is -2.54. The molecule has 1 heterocycles. The number of fused-ring (bicyclic) bond motifs is 1. The van der Waals surface area contributed by atoms with E-state index in [0.29, 0.717) is 24.2 Å². The van der Waals surface area contributed by atoms with Crippen molar-refractivity contribution < 1.29 is 13.2 Å². The van der Waals surface area contributed by atoms with E-state index in [-0.39, 0.29) is 5.91 Å². The van der Waals surface area contributed by atoms with Gasteiger partial charge in [0.1, 0.15) is 0 Å². The summed E-state index contributed by atoms with van der Waals surface area (Å²) in [5.41, 5.74) is 5.71. The highest BCUT2D eigenvalue weighted by Gasteiger charge is 2.26. The van der Waals surface area contributed by atoms with Crippen molar-refractivity contribution in [2.24, 2.45) is 0 Å². The first-order valence-corrected chi connectivity index (χ1v) is 9.41. The first kappa shape index (κ1) is 16.3. The molecular formula is C17H19N3O3S. The molecule has 0 unspecified atom stereocenters. The summed E-state index contributed by atoms with van der Waals surface area (Å²) in [4.78, 5) is 12.4. The number of hydrogen-bond donors (Lipinski definition) is 1. The Balaban J connectivity index is 1.78. The van der Waals surface area contributed by atoms with Crippen molar-refractivity contribution in [3.63, 3.8) is 0 Å². The van der Waals surface area contributed by atoms with Gasteiger partial charge in [-0.15, -0.1) is 0 Å². The van der Waals surface area contributed by atoms with Crippen molar-refractivity contribution in [1.29, 1.82) is 0 Å². The van der Waals surface area contributed by atoms with Gasteiger partial charge >= 0.3 is 0 Å². The van der Waals surface area contributed by atoms with Gasteiger partial charge in [-0.3, -0.25) is 19.5 Å². The van der Waals surface area contributed by atoms with Crippen molar-refractivity contribution in [1.82, 2.24) is 5.43 Å². The molecule has 0 saturated carbocycles. The lowest BCUT2D eigenvalue weighted by atomic mass is 10.1. The number of nitrogens with zero attached hydrogens (tertiary/aromatic N) is 2. The van der Waals surface area contributed by atoms with Gasteiger partial charge in [0, 0.05) is 19.2 Å². The van der Waals surface area contributed by atoms with Crippen LogP contribution in [0.1, 0.15) is 15.9 Å². The van der Waals surface area contributed by atoms with Crippen LogP contribution in [0.2, 0.25) is 0 Å². The van der Waals surface area contributed by atoms with E-state index in [1.807, 2.05) is 30.3 Å². The van der Waals surface area contributed by atoms with Crippen LogP contribution in [0.4, 0.5) is 11.4 Å². The zero-order valence-electron chi connectivity index (χ0n) is 13.6. The molecule has 0 aromatic heterocycles. The quantitative estimate of drug-likeness (QED) is 0.858. The highest BCUT2D eigenvalue weighted by Crippen LogP contribution is 2.30. The lowest BCUT2D eigenvalue weighted by molar-refractivity contribution is 0.0951. The molecule has 0 bridgehead atoms. The van der Waals surface area contributed by atoms with E-state index in [1.54, 1.807) is 30.3 Å². The number of anilines is 2. The molecule has 0 fully saturated rings. The third-order valence-corrected chi connectivity index (χ3v) is 5.19. The van der Waals surface area contributed by atoms with Crippen molar-refractivity contribution in [2.75, 3.05) is 29.2 Å². The average Bonchev–Trinajstić information content (AvgIpc) is 2.98. The normalized spacial score (nSPS) is 13.5. The predicted molar refractivity (Wildman–Crippen MR) is 94.6 cm³/mol. The van der Waals surface area contributed by atoms with E-state index in [0.717, 1.165) is 11.3 Å². The molecular weight excluding hydrogens is 326 g/mol. The van der Waals surface area contributed by atoms with Crippen LogP contribution in [-0.2, 0) is 16.4 Å². The number of nitrogens with one attached hydrogen (secondary N) is 1. The molecule has 0 saturated heterocycles. The van der Waals surface area contributed by atoms with E-state index >= 15 is 0 Å². The number of sulfonamides is 1. The van der Waals surface area contributed by atoms with Crippen LogP contribution >= 0.6 is 0 Å². The van der Waals surface area contributed by atoms with E-state index in [9.17, 15) is 13.2 Å². The van der Waals surface area contributed by atoms with Crippen LogP contribution in [0.5, 0.6) is 0 Å². The van der Waals surface area contributed by atoms with Crippen molar-refractivity contribution in [3.8, 4) is 0 Å². The first-order chi connectivity index (χ1) is 11.4. The van der Waals surface area contributed by atoms with E-state index in [2.05, 4.69) is 5.43 Å². The topological polar surface area (TPSA) is 69.7 Å². The van der Waals surface area contributed by atoms with Crippen LogP contribution in [0.25, 0.3) is 0 Å². The number of rotatable bonds is 4. The number of para-hydroxylation sites is 1. The zero-order valence-corrected chi connectivity index (χ0v) is 14.4. The summed E-state index contributed by atoms with van der Waals surface area (Å²) >= 11 is 0. The Labute approximate surface area is 141 Å². The van der Waals surface area contributed by atoms with Gasteiger partial charge in [0.15, 0.2) is 0 Å². The maximum atomic E-state index is 12.4. The minimum atomic E-state index is -3.28. The summed E-state index contributed by atoms with van der Waals surface area (Å²) in [6, 6.07) is 14.6. The third-order valence-electron chi connectivity index (χ3n) is 4.01. The number of benzene rings is 2. The molecule has 1 aliphatic heterocycles. The highest BCUT2D eigenvalue weighted by molar-refractivity contribution is 7.92. The summed E-state index contributed by atoms with van der Waals surface area (Å²) in [7, 11) is -1.51. The summed E-state index contributed by atoms with van der Waals surface area (Å²) in [5.74, 6) is -0.234. The maximum absolute atomic E-state index is 12.4. The van der Waals surface area contributed by atoms with E-state index in [4.69, 9.17) is 0 Å². The smallest absolute Gasteiger partial charge is 0.269 e. The van der Waals surface area contributed by atoms with Crippen LogP contribution in [0.3, 0.4) is 0 Å². The minimum Gasteiger partial charge on any atom is -0.288 e. The number of hydrogen-bond acceptors (Lipinski definition) is 4. The summed E-state index contributed by atoms with van der Waals surface area (Å²) in [5, 5.41) is 1.65. The molecule has 0 atom stereocenters. The molecule has 1 amide bonds. The first-order valence-electron chi connectivity index (χ1n) is 7.56. The second kappa shape index (κ2) is 6.16. The lowest BCUT2D eigenvalue weighted by Gasteiger charge is -2.20. The van der Waals surface area contributed by atoms with E-state index in [1.165, 1.54) is 10.6 Å². The van der Waals surface area contributed by atoms with Crippen LogP contribution in [0, 0.1) is 0 Å². The minimum absolute atomic E-state index is 0.234. The molecule has 126 valence electrons. The number of hydrazine groups is 1. The summed E-state index contributed by atoms with van der Waals surface area (Å²) < 4.78 is 24.9. The number of amides is 1. The predicted octanol–water partition coefficient (Wildman–Crippen LogP) is 1.79. The average molecular weight is 345 g/mol. The van der Waals surface area contributed by atoms with Gasteiger partial charge in [0.25, 0.3) is 5.91 Å². The zero-order chi connectivity index (χ0) is 17.3. The summed E-state index contributed by atoms with van der Waals surface area (Å²) in [6.07, 6.45) is 1.80.